The van der Waals surface area contributed by atoms with Gasteiger partial charge < -0.3 is 20.3 Å². The van der Waals surface area contributed by atoms with Crippen molar-refractivity contribution in [3.63, 3.8) is 0 Å². The molecule has 188 valence electrons. The van der Waals surface area contributed by atoms with Crippen molar-refractivity contribution in [2.45, 2.75) is 51.1 Å². The van der Waals surface area contributed by atoms with Gasteiger partial charge in [-0.1, -0.05) is 12.1 Å². The van der Waals surface area contributed by atoms with Gasteiger partial charge in [-0.25, -0.2) is 9.97 Å². The van der Waals surface area contributed by atoms with Crippen LogP contribution in [0.15, 0.2) is 42.7 Å². The summed E-state index contributed by atoms with van der Waals surface area (Å²) in [7, 11) is 0. The summed E-state index contributed by atoms with van der Waals surface area (Å²) in [5.74, 6) is 0.119. The topological polar surface area (TPSA) is 98.1 Å². The number of aryl methyl sites for hydroxylation is 1. The third-order valence-electron chi connectivity index (χ3n) is 6.98. The van der Waals surface area contributed by atoms with Crippen LogP contribution in [0, 0.1) is 6.92 Å². The van der Waals surface area contributed by atoms with Crippen LogP contribution in [-0.4, -0.2) is 49.5 Å². The number of rotatable bonds is 3. The highest BCUT2D eigenvalue weighted by Crippen LogP contribution is 2.45. The number of nitrogen functional groups attached to an aromatic ring is 1. The summed E-state index contributed by atoms with van der Waals surface area (Å²) < 4.78 is 50.3. The van der Waals surface area contributed by atoms with Crippen LogP contribution in [0.1, 0.15) is 41.6 Å². The number of anilines is 1. The Kier molecular flexibility index (Phi) is 5.15. The van der Waals surface area contributed by atoms with Gasteiger partial charge in [-0.3, -0.25) is 9.30 Å². The fourth-order valence-electron chi connectivity index (χ4n) is 5.58. The first-order valence-corrected chi connectivity index (χ1v) is 11.6. The van der Waals surface area contributed by atoms with Crippen LogP contribution in [0.3, 0.4) is 0 Å². The Hall–Kier alpha value is -3.41. The van der Waals surface area contributed by atoms with Crippen LogP contribution in [0.5, 0.6) is 5.75 Å². The second-order valence-corrected chi connectivity index (χ2v) is 9.41. The van der Waals surface area contributed by atoms with Crippen LogP contribution in [0.2, 0.25) is 0 Å². The molecule has 0 radical (unpaired) electrons. The van der Waals surface area contributed by atoms with E-state index >= 15 is 0 Å². The zero-order valence-electron chi connectivity index (χ0n) is 19.5. The SMILES string of the molecule is Cc1ncn2c1c(N)nc1ccc(C(O)N3C[C@H](C)O[C@@H]4Cc5cc(OC(F)(F)F)ccc5[C@@H]43)cc12. The summed E-state index contributed by atoms with van der Waals surface area (Å²) in [6, 6.07) is 9.51. The minimum atomic E-state index is -4.76. The largest absolute Gasteiger partial charge is 0.573 e. The molecule has 0 amide bonds. The van der Waals surface area contributed by atoms with Crippen LogP contribution in [0.4, 0.5) is 19.0 Å². The summed E-state index contributed by atoms with van der Waals surface area (Å²) in [4.78, 5) is 10.8. The zero-order valence-corrected chi connectivity index (χ0v) is 19.5. The highest BCUT2D eigenvalue weighted by molar-refractivity contribution is 5.85. The summed E-state index contributed by atoms with van der Waals surface area (Å²) in [5.41, 5.74) is 11.2. The number of hydrogen-bond donors (Lipinski definition) is 2. The number of aromatic nitrogens is 3. The van der Waals surface area contributed by atoms with Gasteiger partial charge in [0.05, 0.1) is 35.0 Å². The first-order valence-electron chi connectivity index (χ1n) is 11.6. The van der Waals surface area contributed by atoms with Gasteiger partial charge in [0.15, 0.2) is 0 Å². The third kappa shape index (κ3) is 3.74. The third-order valence-corrected chi connectivity index (χ3v) is 6.98. The molecule has 0 saturated carbocycles. The van der Waals surface area contributed by atoms with E-state index in [0.29, 0.717) is 35.4 Å². The molecule has 3 N–H and O–H groups in total. The lowest BCUT2D eigenvalue weighted by atomic mass is 10.0. The number of ether oxygens (including phenoxy) is 2. The van der Waals surface area contributed by atoms with Gasteiger partial charge in [-0.15, -0.1) is 13.2 Å². The van der Waals surface area contributed by atoms with Crippen molar-refractivity contribution in [3.05, 3.63) is 65.1 Å². The number of morpholine rings is 1. The molecular weight excluding hydrogens is 475 g/mol. The molecular formula is C25H24F3N5O3. The Morgan fingerprint density at radius 1 is 1.22 bits per heavy atom. The molecule has 4 aromatic rings. The predicted octanol–water partition coefficient (Wildman–Crippen LogP) is 4.05. The normalized spacial score (nSPS) is 23.1. The maximum atomic E-state index is 12.7. The second kappa shape index (κ2) is 8.05. The van der Waals surface area contributed by atoms with Crippen molar-refractivity contribution in [1.82, 2.24) is 19.3 Å². The zero-order chi connectivity index (χ0) is 25.4. The van der Waals surface area contributed by atoms with Crippen molar-refractivity contribution in [1.29, 1.82) is 0 Å². The van der Waals surface area contributed by atoms with E-state index < -0.39 is 12.6 Å². The minimum absolute atomic E-state index is 0.175. The fraction of sp³-hybridized carbons (Fsp3) is 0.360. The van der Waals surface area contributed by atoms with Crippen molar-refractivity contribution in [2.24, 2.45) is 0 Å². The standard InChI is InChI=1S/C25H24F3N5O3/c1-12-10-32(22-17-5-4-16(36-25(26,27)28)7-15(17)9-20(22)35-12)24(34)14-3-6-18-19(8-14)33-11-30-13(2)21(33)23(29)31-18/h3-8,11-12,20,22,24,34H,9-10H2,1-2H3,(H2,29,31)/t12-,20+,22-,24?/m0/s1. The Morgan fingerprint density at radius 3 is 2.81 bits per heavy atom. The molecule has 3 heterocycles. The van der Waals surface area contributed by atoms with E-state index in [2.05, 4.69) is 14.7 Å². The highest BCUT2D eigenvalue weighted by Gasteiger charge is 2.45. The van der Waals surface area contributed by atoms with E-state index in [1.54, 1.807) is 18.5 Å². The molecule has 2 aromatic carbocycles. The van der Waals surface area contributed by atoms with Gasteiger partial charge >= 0.3 is 6.36 Å². The quantitative estimate of drug-likeness (QED) is 0.439. The molecule has 1 saturated heterocycles. The molecule has 4 atom stereocenters. The summed E-state index contributed by atoms with van der Waals surface area (Å²) in [5, 5.41) is 11.6. The number of fused-ring (bicyclic) bond motifs is 6. The van der Waals surface area contributed by atoms with Gasteiger partial charge in [0.2, 0.25) is 0 Å². The monoisotopic (exact) mass is 499 g/mol. The molecule has 8 nitrogen and oxygen atoms in total. The van der Waals surface area contributed by atoms with Gasteiger partial charge in [-0.05, 0) is 54.8 Å². The predicted molar refractivity (Wildman–Crippen MR) is 125 cm³/mol. The molecule has 1 aliphatic carbocycles. The highest BCUT2D eigenvalue weighted by atomic mass is 19.4. The minimum Gasteiger partial charge on any atom is -0.406 e. The molecule has 1 aliphatic heterocycles. The fourth-order valence-corrected chi connectivity index (χ4v) is 5.58. The first kappa shape index (κ1) is 23.0. The number of alkyl halides is 3. The van der Waals surface area contributed by atoms with E-state index in [1.807, 2.05) is 35.3 Å². The Bertz CT molecular complexity index is 1490. The smallest absolute Gasteiger partial charge is 0.406 e. The average Bonchev–Trinajstić information content (AvgIpc) is 3.37. The number of benzene rings is 2. The van der Waals surface area contributed by atoms with Crippen LogP contribution < -0.4 is 10.5 Å². The lowest BCUT2D eigenvalue weighted by molar-refractivity contribution is -0.274. The van der Waals surface area contributed by atoms with Crippen molar-refractivity contribution in [2.75, 3.05) is 12.3 Å². The number of nitrogens with two attached hydrogens (primary N) is 1. The van der Waals surface area contributed by atoms with Crippen molar-refractivity contribution < 1.29 is 27.8 Å². The van der Waals surface area contributed by atoms with E-state index in [4.69, 9.17) is 10.5 Å². The molecule has 2 aromatic heterocycles. The van der Waals surface area contributed by atoms with Gasteiger partial charge in [0.25, 0.3) is 0 Å². The van der Waals surface area contributed by atoms with Gasteiger partial charge in [0, 0.05) is 13.0 Å². The Labute approximate surface area is 204 Å². The number of hydrogen-bond acceptors (Lipinski definition) is 7. The number of nitrogens with zero attached hydrogens (tertiary/aromatic N) is 4. The van der Waals surface area contributed by atoms with E-state index in [9.17, 15) is 18.3 Å². The molecule has 6 rings (SSSR count). The number of imidazole rings is 1. The molecule has 0 bridgehead atoms. The summed E-state index contributed by atoms with van der Waals surface area (Å²) in [6.45, 7) is 4.22. The van der Waals surface area contributed by atoms with E-state index in [-0.39, 0.29) is 24.0 Å². The number of halogens is 3. The summed E-state index contributed by atoms with van der Waals surface area (Å²) >= 11 is 0. The molecule has 1 unspecified atom stereocenters. The lowest BCUT2D eigenvalue weighted by Crippen LogP contribution is -2.48. The Morgan fingerprint density at radius 2 is 2.03 bits per heavy atom. The molecule has 1 fully saturated rings. The average molecular weight is 499 g/mol. The number of aliphatic hydroxyl groups excluding tert-OH is 1. The molecule has 36 heavy (non-hydrogen) atoms. The maximum Gasteiger partial charge on any atom is 0.573 e. The van der Waals surface area contributed by atoms with E-state index in [1.165, 1.54) is 12.1 Å². The van der Waals surface area contributed by atoms with Gasteiger partial charge in [0.1, 0.15) is 29.6 Å². The second-order valence-electron chi connectivity index (χ2n) is 9.41. The summed E-state index contributed by atoms with van der Waals surface area (Å²) in [6.07, 6.45) is -4.11. The molecule has 11 heteroatoms. The maximum absolute atomic E-state index is 12.7. The van der Waals surface area contributed by atoms with Crippen molar-refractivity contribution in [3.8, 4) is 5.75 Å². The molecule has 0 spiro atoms. The molecule has 2 aliphatic rings. The number of aliphatic hydroxyl groups is 1. The van der Waals surface area contributed by atoms with E-state index in [0.717, 1.165) is 22.3 Å². The van der Waals surface area contributed by atoms with Crippen LogP contribution >= 0.6 is 0 Å². The van der Waals surface area contributed by atoms with Crippen molar-refractivity contribution >= 4 is 22.4 Å². The first-order chi connectivity index (χ1) is 17.1. The Balaban J connectivity index is 1.38. The van der Waals surface area contributed by atoms with Crippen LogP contribution in [-0.2, 0) is 11.2 Å². The van der Waals surface area contributed by atoms with Gasteiger partial charge in [-0.2, -0.15) is 0 Å². The lowest BCUT2D eigenvalue weighted by Gasteiger charge is -2.43. The van der Waals surface area contributed by atoms with Crippen LogP contribution in [0.25, 0.3) is 16.6 Å².